The van der Waals surface area contributed by atoms with Crippen LogP contribution in [0.25, 0.3) is 0 Å². The first-order chi connectivity index (χ1) is 6.70. The van der Waals surface area contributed by atoms with Crippen LogP contribution in [0.2, 0.25) is 0 Å². The summed E-state index contributed by atoms with van der Waals surface area (Å²) < 4.78 is 10.1. The molecule has 0 aliphatic carbocycles. The zero-order chi connectivity index (χ0) is 10.4. The van der Waals surface area contributed by atoms with E-state index in [9.17, 15) is 4.79 Å². The quantitative estimate of drug-likeness (QED) is 0.542. The molecule has 0 radical (unpaired) electrons. The van der Waals surface area contributed by atoms with E-state index < -0.39 is 0 Å². The highest BCUT2D eigenvalue weighted by atomic mass is 16.6. The second kappa shape index (κ2) is 5.27. The van der Waals surface area contributed by atoms with Gasteiger partial charge in [-0.2, -0.15) is 0 Å². The molecular weight excluding hydrogens is 180 g/mol. The van der Waals surface area contributed by atoms with Crippen LogP contribution >= 0.6 is 0 Å². The van der Waals surface area contributed by atoms with Crippen LogP contribution < -0.4 is 4.74 Å². The molecule has 0 saturated heterocycles. The molecule has 0 fully saturated rings. The van der Waals surface area contributed by atoms with Crippen molar-refractivity contribution in [2.45, 2.75) is 13.8 Å². The van der Waals surface area contributed by atoms with Crippen LogP contribution in [0.3, 0.4) is 0 Å². The molecule has 3 heteroatoms. The van der Waals surface area contributed by atoms with Gasteiger partial charge in [-0.05, 0) is 18.6 Å². The van der Waals surface area contributed by atoms with E-state index in [2.05, 4.69) is 0 Å². The maximum atomic E-state index is 10.4. The average Bonchev–Trinajstić information content (AvgIpc) is 2.15. The number of benzene rings is 1. The van der Waals surface area contributed by atoms with E-state index in [1.54, 1.807) is 0 Å². The molecule has 0 bridgehead atoms. The smallest absolute Gasteiger partial charge is 0.302 e. The topological polar surface area (TPSA) is 35.5 Å². The molecule has 0 aliphatic heterocycles. The van der Waals surface area contributed by atoms with Gasteiger partial charge < -0.3 is 9.47 Å². The van der Waals surface area contributed by atoms with E-state index in [1.165, 1.54) is 6.92 Å². The Morgan fingerprint density at radius 3 is 2.64 bits per heavy atom. The van der Waals surface area contributed by atoms with Crippen molar-refractivity contribution >= 4 is 5.97 Å². The molecule has 0 aromatic heterocycles. The highest BCUT2D eigenvalue weighted by molar-refractivity contribution is 5.65. The molecule has 1 rings (SSSR count). The molecule has 0 atom stereocenters. The summed E-state index contributed by atoms with van der Waals surface area (Å²) in [6.07, 6.45) is 0. The van der Waals surface area contributed by atoms with Crippen molar-refractivity contribution in [2.24, 2.45) is 0 Å². The predicted octanol–water partition coefficient (Wildman–Crippen LogP) is 1.94. The number of esters is 1. The molecule has 0 N–H and O–H groups in total. The van der Waals surface area contributed by atoms with E-state index >= 15 is 0 Å². The Hall–Kier alpha value is -1.51. The molecule has 0 unspecified atom stereocenters. The van der Waals surface area contributed by atoms with Crippen LogP contribution in [0, 0.1) is 6.92 Å². The zero-order valence-electron chi connectivity index (χ0n) is 8.45. The number of rotatable bonds is 4. The number of carbonyl (C=O) groups is 1. The van der Waals surface area contributed by atoms with Crippen molar-refractivity contribution in [2.75, 3.05) is 13.2 Å². The normalized spacial score (nSPS) is 9.57. The maximum absolute atomic E-state index is 10.4. The summed E-state index contributed by atoms with van der Waals surface area (Å²) in [6.45, 7) is 4.04. The Morgan fingerprint density at radius 1 is 1.29 bits per heavy atom. The minimum atomic E-state index is -0.279. The third kappa shape index (κ3) is 3.47. The van der Waals surface area contributed by atoms with E-state index in [0.717, 1.165) is 11.3 Å². The molecule has 1 aromatic rings. The third-order valence-electron chi connectivity index (χ3n) is 1.74. The third-order valence-corrected chi connectivity index (χ3v) is 1.74. The van der Waals surface area contributed by atoms with Crippen LogP contribution in [0.5, 0.6) is 5.75 Å². The standard InChI is InChI=1S/C11H14O3/c1-9-5-3-4-6-11(9)14-8-7-13-10(2)12/h3-6H,7-8H2,1-2H3. The molecule has 0 saturated carbocycles. The average molecular weight is 194 g/mol. The van der Waals surface area contributed by atoms with Gasteiger partial charge in [0.15, 0.2) is 0 Å². The van der Waals surface area contributed by atoms with Gasteiger partial charge in [0.1, 0.15) is 19.0 Å². The summed E-state index contributed by atoms with van der Waals surface area (Å²) in [4.78, 5) is 10.4. The lowest BCUT2D eigenvalue weighted by atomic mass is 10.2. The molecule has 1 aromatic carbocycles. The van der Waals surface area contributed by atoms with Crippen LogP contribution in [0.4, 0.5) is 0 Å². The first-order valence-electron chi connectivity index (χ1n) is 4.52. The minimum absolute atomic E-state index is 0.279. The number of ether oxygens (including phenoxy) is 2. The Balaban J connectivity index is 2.31. The lowest BCUT2D eigenvalue weighted by Crippen LogP contribution is -2.09. The summed E-state index contributed by atoms with van der Waals surface area (Å²) in [6, 6.07) is 7.73. The van der Waals surface area contributed by atoms with Crippen molar-refractivity contribution in [1.82, 2.24) is 0 Å². The van der Waals surface area contributed by atoms with Crippen LogP contribution in [0.15, 0.2) is 24.3 Å². The van der Waals surface area contributed by atoms with Gasteiger partial charge in [0, 0.05) is 6.92 Å². The van der Waals surface area contributed by atoms with Crippen LogP contribution in [-0.2, 0) is 9.53 Å². The lowest BCUT2D eigenvalue weighted by molar-refractivity contribution is -0.141. The molecule has 14 heavy (non-hydrogen) atoms. The van der Waals surface area contributed by atoms with Crippen molar-refractivity contribution < 1.29 is 14.3 Å². The second-order valence-electron chi connectivity index (χ2n) is 2.95. The minimum Gasteiger partial charge on any atom is -0.490 e. The Morgan fingerprint density at radius 2 is 2.00 bits per heavy atom. The van der Waals surface area contributed by atoms with Gasteiger partial charge >= 0.3 is 5.97 Å². The summed E-state index contributed by atoms with van der Waals surface area (Å²) in [5.74, 6) is 0.554. The molecule has 0 aliphatic rings. The highest BCUT2D eigenvalue weighted by Gasteiger charge is 1.97. The van der Waals surface area contributed by atoms with Crippen molar-refractivity contribution in [3.05, 3.63) is 29.8 Å². The maximum Gasteiger partial charge on any atom is 0.302 e. The Kier molecular flexibility index (Phi) is 3.98. The summed E-state index contributed by atoms with van der Waals surface area (Å²) in [5.41, 5.74) is 1.08. The van der Waals surface area contributed by atoms with Crippen molar-refractivity contribution in [3.8, 4) is 5.75 Å². The SMILES string of the molecule is CC(=O)OCCOc1ccccc1C. The number of para-hydroxylation sites is 1. The number of hydrogen-bond acceptors (Lipinski definition) is 3. The summed E-state index contributed by atoms with van der Waals surface area (Å²) >= 11 is 0. The first-order valence-corrected chi connectivity index (χ1v) is 4.52. The van der Waals surface area contributed by atoms with E-state index in [1.807, 2.05) is 31.2 Å². The predicted molar refractivity (Wildman–Crippen MR) is 53.3 cm³/mol. The van der Waals surface area contributed by atoms with Gasteiger partial charge in [-0.15, -0.1) is 0 Å². The molecule has 76 valence electrons. The largest absolute Gasteiger partial charge is 0.490 e. The van der Waals surface area contributed by atoms with E-state index in [0.29, 0.717) is 13.2 Å². The zero-order valence-corrected chi connectivity index (χ0v) is 8.45. The number of hydrogen-bond donors (Lipinski definition) is 0. The summed E-state index contributed by atoms with van der Waals surface area (Å²) in [5, 5.41) is 0. The summed E-state index contributed by atoms with van der Waals surface area (Å²) in [7, 11) is 0. The van der Waals surface area contributed by atoms with Gasteiger partial charge in [-0.1, -0.05) is 18.2 Å². The lowest BCUT2D eigenvalue weighted by Gasteiger charge is -2.08. The van der Waals surface area contributed by atoms with Gasteiger partial charge in [0.25, 0.3) is 0 Å². The molecular formula is C11H14O3. The van der Waals surface area contributed by atoms with Crippen molar-refractivity contribution in [1.29, 1.82) is 0 Å². The van der Waals surface area contributed by atoms with E-state index in [-0.39, 0.29) is 5.97 Å². The van der Waals surface area contributed by atoms with Gasteiger partial charge in [-0.3, -0.25) is 4.79 Å². The molecule has 0 amide bonds. The molecule has 3 nitrogen and oxygen atoms in total. The number of carbonyl (C=O) groups excluding carboxylic acids is 1. The fraction of sp³-hybridized carbons (Fsp3) is 0.364. The fourth-order valence-corrected chi connectivity index (χ4v) is 1.06. The first kappa shape index (κ1) is 10.6. The van der Waals surface area contributed by atoms with Crippen molar-refractivity contribution in [3.63, 3.8) is 0 Å². The highest BCUT2D eigenvalue weighted by Crippen LogP contribution is 2.15. The molecule has 0 heterocycles. The number of aryl methyl sites for hydroxylation is 1. The molecule has 0 spiro atoms. The fourth-order valence-electron chi connectivity index (χ4n) is 1.06. The monoisotopic (exact) mass is 194 g/mol. The van der Waals surface area contributed by atoms with Gasteiger partial charge in [0.2, 0.25) is 0 Å². The van der Waals surface area contributed by atoms with E-state index in [4.69, 9.17) is 9.47 Å². The second-order valence-corrected chi connectivity index (χ2v) is 2.95. The van der Waals surface area contributed by atoms with Crippen LogP contribution in [0.1, 0.15) is 12.5 Å². The van der Waals surface area contributed by atoms with Gasteiger partial charge in [0.05, 0.1) is 0 Å². The Labute approximate surface area is 83.6 Å². The Bertz CT molecular complexity index is 307. The van der Waals surface area contributed by atoms with Gasteiger partial charge in [-0.25, -0.2) is 0 Å². The van der Waals surface area contributed by atoms with Crippen LogP contribution in [-0.4, -0.2) is 19.2 Å².